The smallest absolute Gasteiger partial charge is 0.273 e. The zero-order valence-electron chi connectivity index (χ0n) is 16.6. The Morgan fingerprint density at radius 1 is 1.07 bits per heavy atom. The van der Waals surface area contributed by atoms with Crippen molar-refractivity contribution < 1.29 is 9.59 Å². The van der Waals surface area contributed by atoms with E-state index in [2.05, 4.69) is 31.2 Å². The van der Waals surface area contributed by atoms with E-state index in [4.69, 9.17) is 0 Å². The molecule has 6 heteroatoms. The molecule has 1 saturated heterocycles. The highest BCUT2D eigenvalue weighted by Crippen LogP contribution is 2.22. The number of piperidine rings is 1. The van der Waals surface area contributed by atoms with Gasteiger partial charge < -0.3 is 10.2 Å². The number of aromatic nitrogens is 2. The number of aryl methyl sites for hydroxylation is 1. The van der Waals surface area contributed by atoms with Crippen LogP contribution in [0.1, 0.15) is 66.6 Å². The predicted molar refractivity (Wildman–Crippen MR) is 106 cm³/mol. The van der Waals surface area contributed by atoms with E-state index in [9.17, 15) is 9.59 Å². The molecular weight excluding hydrogens is 340 g/mol. The van der Waals surface area contributed by atoms with E-state index in [0.717, 1.165) is 31.6 Å². The van der Waals surface area contributed by atoms with Gasteiger partial charge in [0.05, 0.1) is 5.69 Å². The standard InChI is InChI=1S/C21H28N4O2/c1-21(2,3)18-14-17(24(4)23-18)19(26)22-16-10-8-9-15(13-16)20(27)25-11-6-5-7-12-25/h8-10,13-14H,5-7,11-12H2,1-4H3,(H,22,26). The second-order valence-corrected chi connectivity index (χ2v) is 8.18. The van der Waals surface area contributed by atoms with Gasteiger partial charge in [0, 0.05) is 36.8 Å². The van der Waals surface area contributed by atoms with E-state index < -0.39 is 0 Å². The molecule has 1 N–H and O–H groups in total. The average molecular weight is 368 g/mol. The quantitative estimate of drug-likeness (QED) is 0.900. The molecule has 0 spiro atoms. The van der Waals surface area contributed by atoms with E-state index >= 15 is 0 Å². The summed E-state index contributed by atoms with van der Waals surface area (Å²) in [6.45, 7) is 7.80. The van der Waals surface area contributed by atoms with Crippen LogP contribution in [0.15, 0.2) is 30.3 Å². The van der Waals surface area contributed by atoms with Gasteiger partial charge in [-0.15, -0.1) is 0 Å². The highest BCUT2D eigenvalue weighted by Gasteiger charge is 2.22. The minimum atomic E-state index is -0.233. The lowest BCUT2D eigenvalue weighted by atomic mass is 9.92. The molecule has 1 aliphatic heterocycles. The molecule has 6 nitrogen and oxygen atoms in total. The van der Waals surface area contributed by atoms with Crippen LogP contribution in [0, 0.1) is 0 Å². The van der Waals surface area contributed by atoms with Crippen LogP contribution in [0.2, 0.25) is 0 Å². The van der Waals surface area contributed by atoms with Gasteiger partial charge in [-0.2, -0.15) is 5.10 Å². The summed E-state index contributed by atoms with van der Waals surface area (Å²) in [7, 11) is 1.76. The number of carbonyl (C=O) groups is 2. The molecule has 3 rings (SSSR count). The molecule has 2 amide bonds. The Bertz CT molecular complexity index is 842. The zero-order valence-corrected chi connectivity index (χ0v) is 16.6. The summed E-state index contributed by atoms with van der Waals surface area (Å²) in [5, 5.41) is 7.34. The summed E-state index contributed by atoms with van der Waals surface area (Å²) in [5.41, 5.74) is 2.45. The Balaban J connectivity index is 1.75. The van der Waals surface area contributed by atoms with E-state index in [0.29, 0.717) is 16.9 Å². The molecule has 1 fully saturated rings. The largest absolute Gasteiger partial charge is 0.339 e. The minimum absolute atomic E-state index is 0.0290. The molecule has 0 saturated carbocycles. The maximum atomic E-state index is 12.7. The summed E-state index contributed by atoms with van der Waals surface area (Å²) in [6.07, 6.45) is 3.29. The molecule has 1 aromatic heterocycles. The minimum Gasteiger partial charge on any atom is -0.339 e. The van der Waals surface area contributed by atoms with Crippen LogP contribution >= 0.6 is 0 Å². The van der Waals surface area contributed by atoms with E-state index in [-0.39, 0.29) is 17.2 Å². The van der Waals surface area contributed by atoms with Crippen molar-refractivity contribution in [1.82, 2.24) is 14.7 Å². The third-order valence-electron chi connectivity index (χ3n) is 4.89. The van der Waals surface area contributed by atoms with E-state index in [1.807, 2.05) is 11.0 Å². The monoisotopic (exact) mass is 368 g/mol. The van der Waals surface area contributed by atoms with Crippen LogP contribution in [0.5, 0.6) is 0 Å². The number of hydrogen-bond donors (Lipinski definition) is 1. The lowest BCUT2D eigenvalue weighted by Gasteiger charge is -2.26. The first-order chi connectivity index (χ1) is 12.8. The summed E-state index contributed by atoms with van der Waals surface area (Å²) < 4.78 is 1.60. The summed E-state index contributed by atoms with van der Waals surface area (Å²) in [6, 6.07) is 8.96. The molecule has 2 heterocycles. The molecular formula is C21H28N4O2. The maximum Gasteiger partial charge on any atom is 0.273 e. The molecule has 0 aliphatic carbocycles. The fourth-order valence-electron chi connectivity index (χ4n) is 3.25. The van der Waals surface area contributed by atoms with Crippen molar-refractivity contribution in [2.24, 2.45) is 7.05 Å². The Morgan fingerprint density at radius 3 is 2.41 bits per heavy atom. The first kappa shape index (κ1) is 19.1. The zero-order chi connectivity index (χ0) is 19.6. The Morgan fingerprint density at radius 2 is 1.78 bits per heavy atom. The molecule has 0 bridgehead atoms. The number of carbonyl (C=O) groups excluding carboxylic acids is 2. The van der Waals surface area contributed by atoms with Crippen molar-refractivity contribution in [3.8, 4) is 0 Å². The fraction of sp³-hybridized carbons (Fsp3) is 0.476. The second kappa shape index (κ2) is 7.55. The lowest BCUT2D eigenvalue weighted by Crippen LogP contribution is -2.35. The SMILES string of the molecule is Cn1nc(C(C)(C)C)cc1C(=O)Nc1cccc(C(=O)N2CCCCC2)c1. The number of anilines is 1. The van der Waals surface area contributed by atoms with Crippen LogP contribution in [0.3, 0.4) is 0 Å². The highest BCUT2D eigenvalue weighted by molar-refractivity contribution is 6.04. The number of hydrogen-bond acceptors (Lipinski definition) is 3. The predicted octanol–water partition coefficient (Wildman–Crippen LogP) is 3.60. The number of likely N-dealkylation sites (tertiary alicyclic amines) is 1. The average Bonchev–Trinajstić information content (AvgIpc) is 3.04. The Hall–Kier alpha value is -2.63. The van der Waals surface area contributed by atoms with Crippen LogP contribution in [0.25, 0.3) is 0 Å². The second-order valence-electron chi connectivity index (χ2n) is 8.18. The molecule has 1 aliphatic rings. The Kier molecular flexibility index (Phi) is 5.35. The summed E-state index contributed by atoms with van der Waals surface area (Å²) in [4.78, 5) is 27.3. The summed E-state index contributed by atoms with van der Waals surface area (Å²) in [5.74, 6) is -0.204. The van der Waals surface area contributed by atoms with Gasteiger partial charge in [-0.3, -0.25) is 14.3 Å². The number of nitrogens with zero attached hydrogens (tertiary/aromatic N) is 3. The van der Waals surface area contributed by atoms with E-state index in [1.165, 1.54) is 6.42 Å². The van der Waals surface area contributed by atoms with Gasteiger partial charge in [0.25, 0.3) is 11.8 Å². The highest BCUT2D eigenvalue weighted by atomic mass is 16.2. The van der Waals surface area contributed by atoms with Gasteiger partial charge in [-0.05, 0) is 43.5 Å². The van der Waals surface area contributed by atoms with Crippen molar-refractivity contribution in [2.75, 3.05) is 18.4 Å². The van der Waals surface area contributed by atoms with Crippen molar-refractivity contribution in [1.29, 1.82) is 0 Å². The Labute approximate surface area is 160 Å². The van der Waals surface area contributed by atoms with Crippen LogP contribution in [-0.4, -0.2) is 39.6 Å². The fourth-order valence-corrected chi connectivity index (χ4v) is 3.25. The van der Waals surface area contributed by atoms with Crippen molar-refractivity contribution in [3.05, 3.63) is 47.3 Å². The normalized spacial score (nSPS) is 14.9. The molecule has 0 radical (unpaired) electrons. The topological polar surface area (TPSA) is 67.2 Å². The van der Waals surface area contributed by atoms with Crippen LogP contribution in [-0.2, 0) is 12.5 Å². The van der Waals surface area contributed by atoms with Gasteiger partial charge in [-0.25, -0.2) is 0 Å². The first-order valence-electron chi connectivity index (χ1n) is 9.51. The maximum absolute atomic E-state index is 12.7. The third-order valence-corrected chi connectivity index (χ3v) is 4.89. The summed E-state index contributed by atoms with van der Waals surface area (Å²) >= 11 is 0. The molecule has 0 unspecified atom stereocenters. The molecule has 0 atom stereocenters. The van der Waals surface area contributed by atoms with Crippen LogP contribution < -0.4 is 5.32 Å². The van der Waals surface area contributed by atoms with Gasteiger partial charge in [0.1, 0.15) is 5.69 Å². The van der Waals surface area contributed by atoms with Gasteiger partial charge >= 0.3 is 0 Å². The third kappa shape index (κ3) is 4.38. The number of amides is 2. The molecule has 2 aromatic rings. The van der Waals surface area contributed by atoms with E-state index in [1.54, 1.807) is 36.0 Å². The molecule has 27 heavy (non-hydrogen) atoms. The van der Waals surface area contributed by atoms with Crippen LogP contribution in [0.4, 0.5) is 5.69 Å². The lowest BCUT2D eigenvalue weighted by molar-refractivity contribution is 0.0724. The first-order valence-corrected chi connectivity index (χ1v) is 9.51. The van der Waals surface area contributed by atoms with Crippen molar-refractivity contribution in [2.45, 2.75) is 45.4 Å². The molecule has 144 valence electrons. The van der Waals surface area contributed by atoms with Gasteiger partial charge in [0.2, 0.25) is 0 Å². The van der Waals surface area contributed by atoms with Gasteiger partial charge in [0.15, 0.2) is 0 Å². The number of benzene rings is 1. The number of nitrogens with one attached hydrogen (secondary N) is 1. The van der Waals surface area contributed by atoms with Crippen molar-refractivity contribution >= 4 is 17.5 Å². The van der Waals surface area contributed by atoms with Crippen molar-refractivity contribution in [3.63, 3.8) is 0 Å². The molecule has 1 aromatic carbocycles. The number of rotatable bonds is 3. The van der Waals surface area contributed by atoms with Gasteiger partial charge in [-0.1, -0.05) is 26.8 Å².